The third-order valence-electron chi connectivity index (χ3n) is 1.98. The van der Waals surface area contributed by atoms with Crippen molar-refractivity contribution in [2.45, 2.75) is 25.7 Å². The zero-order chi connectivity index (χ0) is 8.27. The molecule has 2 N–H and O–H groups in total. The molecule has 1 saturated carbocycles. The summed E-state index contributed by atoms with van der Waals surface area (Å²) in [5, 5.41) is 8.25. The first-order valence-corrected chi connectivity index (χ1v) is 3.72. The van der Waals surface area contributed by atoms with E-state index in [1.54, 1.807) is 0 Å². The number of nitrogens with one attached hydrogen (secondary N) is 1. The lowest BCUT2D eigenvalue weighted by Gasteiger charge is -2.17. The van der Waals surface area contributed by atoms with Crippen LogP contribution in [-0.4, -0.2) is 16.9 Å². The molecule has 0 aromatic heterocycles. The number of carbonyl (C=O) groups is 2. The van der Waals surface area contributed by atoms with E-state index in [0.29, 0.717) is 12.8 Å². The van der Waals surface area contributed by atoms with Gasteiger partial charge in [-0.15, -0.1) is 0 Å². The molecule has 0 heterocycles. The number of ketones is 1. The Morgan fingerprint density at radius 1 is 1.55 bits per heavy atom. The SMILES string of the molecule is O=C1CCCCC1C(=O)NO. The number of hydrogen-bond donors (Lipinski definition) is 2. The molecule has 4 nitrogen and oxygen atoms in total. The Morgan fingerprint density at radius 2 is 2.27 bits per heavy atom. The number of rotatable bonds is 1. The van der Waals surface area contributed by atoms with Crippen LogP contribution in [0.4, 0.5) is 0 Å². The Morgan fingerprint density at radius 3 is 2.82 bits per heavy atom. The summed E-state index contributed by atoms with van der Waals surface area (Å²) < 4.78 is 0. The number of Topliss-reactive ketones (excluding diaryl/α,β-unsaturated/α-hetero) is 1. The standard InChI is InChI=1S/C7H11NO3/c9-6-4-2-1-3-5(6)7(10)8-11/h5,11H,1-4H2,(H,8,10). The average molecular weight is 157 g/mol. The van der Waals surface area contributed by atoms with E-state index in [1.165, 1.54) is 5.48 Å². The van der Waals surface area contributed by atoms with Gasteiger partial charge in [0.15, 0.2) is 0 Å². The van der Waals surface area contributed by atoms with Crippen LogP contribution in [0.1, 0.15) is 25.7 Å². The first kappa shape index (κ1) is 8.20. The van der Waals surface area contributed by atoms with Crippen LogP contribution in [0.2, 0.25) is 0 Å². The van der Waals surface area contributed by atoms with E-state index in [1.807, 2.05) is 0 Å². The minimum atomic E-state index is -0.603. The highest BCUT2D eigenvalue weighted by molar-refractivity contribution is 6.01. The number of hydrogen-bond acceptors (Lipinski definition) is 3. The van der Waals surface area contributed by atoms with Crippen LogP contribution >= 0.6 is 0 Å². The number of hydroxylamine groups is 1. The third kappa shape index (κ3) is 1.77. The first-order valence-electron chi connectivity index (χ1n) is 3.72. The molecule has 1 atom stereocenters. The maximum Gasteiger partial charge on any atom is 0.253 e. The topological polar surface area (TPSA) is 66.4 Å². The average Bonchev–Trinajstić information content (AvgIpc) is 2.04. The third-order valence-corrected chi connectivity index (χ3v) is 1.98. The molecule has 1 amide bonds. The fourth-order valence-corrected chi connectivity index (χ4v) is 1.34. The molecule has 0 bridgehead atoms. The van der Waals surface area contributed by atoms with Gasteiger partial charge in [0.2, 0.25) is 0 Å². The van der Waals surface area contributed by atoms with Gasteiger partial charge in [-0.05, 0) is 12.8 Å². The second kappa shape index (κ2) is 3.48. The predicted molar refractivity (Wildman–Crippen MR) is 36.9 cm³/mol. The zero-order valence-corrected chi connectivity index (χ0v) is 6.17. The predicted octanol–water partition coefficient (Wildman–Crippen LogP) is 0.251. The van der Waals surface area contributed by atoms with Gasteiger partial charge in [0.25, 0.3) is 5.91 Å². The molecule has 1 fully saturated rings. The fourth-order valence-electron chi connectivity index (χ4n) is 1.34. The molecule has 62 valence electrons. The van der Waals surface area contributed by atoms with Crippen molar-refractivity contribution in [1.82, 2.24) is 5.48 Å². The normalized spacial score (nSPS) is 24.8. The highest BCUT2D eigenvalue weighted by atomic mass is 16.5. The van der Waals surface area contributed by atoms with Crippen molar-refractivity contribution in [1.29, 1.82) is 0 Å². The Bertz CT molecular complexity index is 171. The molecule has 0 saturated heterocycles. The maximum absolute atomic E-state index is 11.0. The Hall–Kier alpha value is -0.900. The van der Waals surface area contributed by atoms with Gasteiger partial charge in [0.05, 0.1) is 5.92 Å². The number of amides is 1. The van der Waals surface area contributed by atoms with Crippen molar-refractivity contribution in [3.8, 4) is 0 Å². The van der Waals surface area contributed by atoms with Gasteiger partial charge in [-0.2, -0.15) is 0 Å². The lowest BCUT2D eigenvalue weighted by Crippen LogP contribution is -2.35. The molecule has 1 aliphatic carbocycles. The molecule has 1 aliphatic rings. The van der Waals surface area contributed by atoms with E-state index in [-0.39, 0.29) is 5.78 Å². The zero-order valence-electron chi connectivity index (χ0n) is 6.17. The Balaban J connectivity index is 2.54. The van der Waals surface area contributed by atoms with E-state index in [9.17, 15) is 9.59 Å². The van der Waals surface area contributed by atoms with E-state index < -0.39 is 11.8 Å². The second-order valence-corrected chi connectivity index (χ2v) is 2.74. The summed E-state index contributed by atoms with van der Waals surface area (Å²) >= 11 is 0. The molecule has 0 spiro atoms. The summed E-state index contributed by atoms with van der Waals surface area (Å²) in [6, 6.07) is 0. The molecular formula is C7H11NO3. The van der Waals surface area contributed by atoms with Crippen LogP contribution < -0.4 is 5.48 Å². The summed E-state index contributed by atoms with van der Waals surface area (Å²) in [7, 11) is 0. The summed E-state index contributed by atoms with van der Waals surface area (Å²) in [5.74, 6) is -1.22. The minimum Gasteiger partial charge on any atom is -0.299 e. The molecule has 4 heteroatoms. The minimum absolute atomic E-state index is 0.0530. The van der Waals surface area contributed by atoms with E-state index >= 15 is 0 Å². The maximum atomic E-state index is 11.0. The molecule has 0 aliphatic heterocycles. The van der Waals surface area contributed by atoms with Gasteiger partial charge in [-0.25, -0.2) is 5.48 Å². The second-order valence-electron chi connectivity index (χ2n) is 2.74. The van der Waals surface area contributed by atoms with Crippen LogP contribution in [-0.2, 0) is 9.59 Å². The molecule has 1 rings (SSSR count). The monoisotopic (exact) mass is 157 g/mol. The largest absolute Gasteiger partial charge is 0.299 e. The van der Waals surface area contributed by atoms with E-state index in [4.69, 9.17) is 5.21 Å². The number of carbonyl (C=O) groups excluding carboxylic acids is 2. The van der Waals surface area contributed by atoms with Gasteiger partial charge in [-0.1, -0.05) is 6.42 Å². The summed E-state index contributed by atoms with van der Waals surface area (Å²) in [5.41, 5.74) is 1.51. The van der Waals surface area contributed by atoms with Crippen LogP contribution in [0.25, 0.3) is 0 Å². The van der Waals surface area contributed by atoms with Crippen molar-refractivity contribution in [2.24, 2.45) is 5.92 Å². The highest BCUT2D eigenvalue weighted by Crippen LogP contribution is 2.20. The molecule has 11 heavy (non-hydrogen) atoms. The van der Waals surface area contributed by atoms with Crippen molar-refractivity contribution >= 4 is 11.7 Å². The summed E-state index contributed by atoms with van der Waals surface area (Å²) in [6.07, 6.45) is 2.81. The Labute approximate surface area is 64.5 Å². The van der Waals surface area contributed by atoms with Crippen LogP contribution in [0.5, 0.6) is 0 Å². The molecule has 0 radical (unpaired) electrons. The van der Waals surface area contributed by atoms with Crippen LogP contribution in [0.3, 0.4) is 0 Å². The van der Waals surface area contributed by atoms with Gasteiger partial charge in [0, 0.05) is 6.42 Å². The molecule has 0 aromatic rings. The molecule has 1 unspecified atom stereocenters. The van der Waals surface area contributed by atoms with Crippen molar-refractivity contribution < 1.29 is 14.8 Å². The summed E-state index contributed by atoms with van der Waals surface area (Å²) in [4.78, 5) is 21.8. The molecular weight excluding hydrogens is 146 g/mol. The first-order chi connectivity index (χ1) is 5.25. The van der Waals surface area contributed by atoms with Crippen molar-refractivity contribution in [2.75, 3.05) is 0 Å². The highest BCUT2D eigenvalue weighted by Gasteiger charge is 2.28. The van der Waals surface area contributed by atoms with Crippen molar-refractivity contribution in [3.05, 3.63) is 0 Å². The van der Waals surface area contributed by atoms with E-state index in [0.717, 1.165) is 12.8 Å². The van der Waals surface area contributed by atoms with Crippen molar-refractivity contribution in [3.63, 3.8) is 0 Å². The fraction of sp³-hybridized carbons (Fsp3) is 0.714. The molecule has 0 aromatic carbocycles. The smallest absolute Gasteiger partial charge is 0.253 e. The van der Waals surface area contributed by atoms with Crippen LogP contribution in [0.15, 0.2) is 0 Å². The van der Waals surface area contributed by atoms with Gasteiger partial charge < -0.3 is 0 Å². The lowest BCUT2D eigenvalue weighted by molar-refractivity contribution is -0.141. The Kier molecular flexibility index (Phi) is 2.59. The summed E-state index contributed by atoms with van der Waals surface area (Å²) in [6.45, 7) is 0. The lowest BCUT2D eigenvalue weighted by atomic mass is 9.87. The van der Waals surface area contributed by atoms with Gasteiger partial charge in [0.1, 0.15) is 5.78 Å². The van der Waals surface area contributed by atoms with Crippen LogP contribution in [0, 0.1) is 5.92 Å². The quantitative estimate of drug-likeness (QED) is 0.326. The van der Waals surface area contributed by atoms with E-state index in [2.05, 4.69) is 0 Å². The van der Waals surface area contributed by atoms with Gasteiger partial charge in [-0.3, -0.25) is 14.8 Å². The van der Waals surface area contributed by atoms with Gasteiger partial charge >= 0.3 is 0 Å².